The molecule has 0 unspecified atom stereocenters. The number of unbranched alkanes of at least 4 members (excludes halogenated alkanes) is 1. The van der Waals surface area contributed by atoms with Gasteiger partial charge in [0, 0.05) is 25.5 Å². The Labute approximate surface area is 105 Å². The first kappa shape index (κ1) is 13.9. The van der Waals surface area contributed by atoms with Crippen LogP contribution in [-0.4, -0.2) is 41.4 Å². The number of ether oxygens (including phenoxy) is 1. The lowest BCUT2D eigenvalue weighted by atomic mass is 10.3. The minimum Gasteiger partial charge on any atom is -0.382 e. The van der Waals surface area contributed by atoms with E-state index in [1.54, 1.807) is 18.1 Å². The van der Waals surface area contributed by atoms with Crippen molar-refractivity contribution in [2.75, 3.05) is 32.1 Å². The molecule has 92 valence electrons. The van der Waals surface area contributed by atoms with E-state index in [0.29, 0.717) is 0 Å². The summed E-state index contributed by atoms with van der Waals surface area (Å²) in [7, 11) is 0. The number of hydrogen-bond donors (Lipinski definition) is 1. The fourth-order valence-corrected chi connectivity index (χ4v) is 2.57. The molecule has 1 N–H and O–H groups in total. The molecular weight excluding hydrogens is 242 g/mol. The average molecular weight is 261 g/mol. The van der Waals surface area contributed by atoms with Crippen LogP contribution >= 0.6 is 23.3 Å². The zero-order valence-electron chi connectivity index (χ0n) is 9.65. The van der Waals surface area contributed by atoms with Gasteiger partial charge in [0.05, 0.1) is 0 Å². The maximum Gasteiger partial charge on any atom is 0.169 e. The van der Waals surface area contributed by atoms with Crippen LogP contribution in [0.25, 0.3) is 0 Å². The highest BCUT2D eigenvalue weighted by Gasteiger charge is 1.96. The van der Waals surface area contributed by atoms with E-state index in [9.17, 15) is 0 Å². The first-order valence-electron chi connectivity index (χ1n) is 5.61. The summed E-state index contributed by atoms with van der Waals surface area (Å²) in [4.78, 5) is 4.11. The predicted molar refractivity (Wildman–Crippen MR) is 69.2 cm³/mol. The first-order valence-corrected chi connectivity index (χ1v) is 7.37. The highest BCUT2D eigenvalue weighted by Crippen LogP contribution is 2.16. The molecule has 16 heavy (non-hydrogen) atoms. The van der Waals surface area contributed by atoms with E-state index in [1.165, 1.54) is 18.0 Å². The quantitative estimate of drug-likeness (QED) is 0.516. The molecule has 1 aromatic rings. The fourth-order valence-electron chi connectivity index (χ4n) is 1.16. The standard InChI is InChI=1S/C10H19N3OS2/c1-2-14-7-4-3-5-11-6-8-15-10-12-9-13-16-10/h9,11H,2-8H2,1H3. The van der Waals surface area contributed by atoms with Crippen molar-refractivity contribution < 1.29 is 4.74 Å². The molecule has 6 heteroatoms. The third-order valence-corrected chi connectivity index (χ3v) is 3.74. The van der Waals surface area contributed by atoms with Crippen molar-refractivity contribution in [1.82, 2.24) is 14.7 Å². The number of hydrogen-bond acceptors (Lipinski definition) is 6. The van der Waals surface area contributed by atoms with Gasteiger partial charge in [0.1, 0.15) is 6.33 Å². The van der Waals surface area contributed by atoms with Crippen molar-refractivity contribution in [1.29, 1.82) is 0 Å². The molecule has 0 aliphatic rings. The molecule has 0 saturated heterocycles. The van der Waals surface area contributed by atoms with E-state index >= 15 is 0 Å². The Morgan fingerprint density at radius 1 is 1.44 bits per heavy atom. The van der Waals surface area contributed by atoms with Gasteiger partial charge in [-0.25, -0.2) is 4.98 Å². The summed E-state index contributed by atoms with van der Waals surface area (Å²) in [6, 6.07) is 0. The smallest absolute Gasteiger partial charge is 0.169 e. The lowest BCUT2D eigenvalue weighted by molar-refractivity contribution is 0.143. The molecule has 0 bridgehead atoms. The van der Waals surface area contributed by atoms with Crippen LogP contribution in [0.4, 0.5) is 0 Å². The van der Waals surface area contributed by atoms with Crippen LogP contribution in [0.3, 0.4) is 0 Å². The van der Waals surface area contributed by atoms with Gasteiger partial charge < -0.3 is 10.1 Å². The second-order valence-electron chi connectivity index (χ2n) is 3.21. The molecule has 0 aliphatic carbocycles. The van der Waals surface area contributed by atoms with Crippen molar-refractivity contribution in [2.24, 2.45) is 0 Å². The van der Waals surface area contributed by atoms with Crippen LogP contribution in [-0.2, 0) is 4.74 Å². The topological polar surface area (TPSA) is 47.0 Å². The number of nitrogens with zero attached hydrogens (tertiary/aromatic N) is 2. The van der Waals surface area contributed by atoms with E-state index in [4.69, 9.17) is 4.74 Å². The Morgan fingerprint density at radius 2 is 2.38 bits per heavy atom. The summed E-state index contributed by atoms with van der Waals surface area (Å²) in [5, 5.41) is 3.40. The van der Waals surface area contributed by atoms with Crippen molar-refractivity contribution in [3.05, 3.63) is 6.33 Å². The predicted octanol–water partition coefficient (Wildman–Crippen LogP) is 2.04. The molecule has 1 heterocycles. The molecule has 4 nitrogen and oxygen atoms in total. The molecule has 1 aromatic heterocycles. The maximum absolute atomic E-state index is 5.26. The second-order valence-corrected chi connectivity index (χ2v) is 5.33. The van der Waals surface area contributed by atoms with Crippen molar-refractivity contribution in [3.8, 4) is 0 Å². The van der Waals surface area contributed by atoms with Gasteiger partial charge >= 0.3 is 0 Å². The molecule has 0 aromatic carbocycles. The maximum atomic E-state index is 5.26. The van der Waals surface area contributed by atoms with Crippen LogP contribution in [0.5, 0.6) is 0 Å². The Morgan fingerprint density at radius 3 is 3.12 bits per heavy atom. The minimum absolute atomic E-state index is 0.825. The monoisotopic (exact) mass is 261 g/mol. The highest BCUT2D eigenvalue weighted by molar-refractivity contribution is 8.00. The van der Waals surface area contributed by atoms with Crippen molar-refractivity contribution in [2.45, 2.75) is 24.1 Å². The summed E-state index contributed by atoms with van der Waals surface area (Å²) in [5.41, 5.74) is 0. The van der Waals surface area contributed by atoms with Gasteiger partial charge in [-0.1, -0.05) is 11.8 Å². The van der Waals surface area contributed by atoms with Crippen LogP contribution in [0.2, 0.25) is 0 Å². The Bertz CT molecular complexity index is 244. The number of rotatable bonds is 10. The molecule has 1 rings (SSSR count). The van der Waals surface area contributed by atoms with Gasteiger partial charge in [0.2, 0.25) is 0 Å². The van der Waals surface area contributed by atoms with Gasteiger partial charge in [0.15, 0.2) is 4.34 Å². The van der Waals surface area contributed by atoms with Crippen LogP contribution in [0, 0.1) is 0 Å². The van der Waals surface area contributed by atoms with Gasteiger partial charge in [0.25, 0.3) is 0 Å². The normalized spacial score (nSPS) is 10.8. The Hall–Kier alpha value is -0.170. The minimum atomic E-state index is 0.825. The number of nitrogens with one attached hydrogen (secondary N) is 1. The average Bonchev–Trinajstić information content (AvgIpc) is 2.80. The SMILES string of the molecule is CCOCCCCNCCSc1ncns1. The van der Waals surface area contributed by atoms with Crippen LogP contribution in [0.15, 0.2) is 10.7 Å². The molecule has 0 spiro atoms. The molecule has 0 fully saturated rings. The molecule has 0 amide bonds. The third-order valence-electron chi connectivity index (χ3n) is 1.94. The summed E-state index contributed by atoms with van der Waals surface area (Å²) in [6.45, 7) is 5.84. The van der Waals surface area contributed by atoms with Crippen molar-refractivity contribution in [3.63, 3.8) is 0 Å². The van der Waals surface area contributed by atoms with Gasteiger partial charge in [-0.3, -0.25) is 0 Å². The molecular formula is C10H19N3OS2. The van der Waals surface area contributed by atoms with E-state index in [-0.39, 0.29) is 0 Å². The summed E-state index contributed by atoms with van der Waals surface area (Å²) in [5.74, 6) is 1.06. The lowest BCUT2D eigenvalue weighted by Gasteiger charge is -2.03. The third kappa shape index (κ3) is 7.16. The summed E-state index contributed by atoms with van der Waals surface area (Å²) in [6.07, 6.45) is 3.93. The second kappa shape index (κ2) is 10.0. The largest absolute Gasteiger partial charge is 0.382 e. The molecule has 0 atom stereocenters. The van der Waals surface area contributed by atoms with Gasteiger partial charge in [-0.05, 0) is 37.8 Å². The van der Waals surface area contributed by atoms with E-state index in [2.05, 4.69) is 14.7 Å². The van der Waals surface area contributed by atoms with Crippen molar-refractivity contribution >= 4 is 23.3 Å². The number of thioether (sulfide) groups is 1. The molecule has 0 radical (unpaired) electrons. The zero-order chi connectivity index (χ0) is 11.5. The Balaban J connectivity index is 1.78. The Kier molecular flexibility index (Phi) is 8.70. The molecule has 0 saturated carbocycles. The zero-order valence-corrected chi connectivity index (χ0v) is 11.3. The highest BCUT2D eigenvalue weighted by atomic mass is 32.2. The number of aromatic nitrogens is 2. The van der Waals surface area contributed by atoms with Gasteiger partial charge in [-0.2, -0.15) is 4.37 Å². The first-order chi connectivity index (χ1) is 7.93. The van der Waals surface area contributed by atoms with Crippen LogP contribution in [0.1, 0.15) is 19.8 Å². The van der Waals surface area contributed by atoms with E-state index < -0.39 is 0 Å². The van der Waals surface area contributed by atoms with E-state index in [1.807, 2.05) is 6.92 Å². The summed E-state index contributed by atoms with van der Waals surface area (Å²) < 4.78 is 10.3. The van der Waals surface area contributed by atoms with Crippen LogP contribution < -0.4 is 5.32 Å². The van der Waals surface area contributed by atoms with Gasteiger partial charge in [-0.15, -0.1) is 0 Å². The fraction of sp³-hybridized carbons (Fsp3) is 0.800. The summed E-state index contributed by atoms with van der Waals surface area (Å²) >= 11 is 3.21. The lowest BCUT2D eigenvalue weighted by Crippen LogP contribution is -2.18. The molecule has 0 aliphatic heterocycles. The van der Waals surface area contributed by atoms with E-state index in [0.717, 1.165) is 42.8 Å².